The van der Waals surface area contributed by atoms with E-state index in [2.05, 4.69) is 263 Å². The summed E-state index contributed by atoms with van der Waals surface area (Å²) in [6.07, 6.45) is 13.6. The standard InChI is InChI=1S/C46H46N2O4S.C45H43NO4S3.C33H23F2NO4.CH4/c1-6-8-9-10-27-47-39-28-32(15-24-38(39)46(4,5)42(47)29-37-43(49)45(51)44(37)50)41-26-25-40(53-41)31-13-18-34(19-14-31)48(33-16-11-30(3)12-17-33)35-20-22-36(23-21-35)52-7-2;1-5-6-7-8-9-10-25-50-33-16-18-35(30(4)27-33)46(34-17-11-28(2)26-29(34)3)32-14-12-31(13-15-32)36-19-20-37(51-36)38-21-22-39(52-38)40-23-24-41(53-40)42-43(47)45(49)44(42)48;1-3-40-26-14-12-25(13-15-26)36(23-8-4-20(2)5-9-23)24-10-6-21(7-11-24)22-18-29(34)27(30(35)19-22)16-17-28-31(37)33(39)32(28)38;/h11-26,28-29,49H,6-10,27H2,1-5H3;11-24,26-27,47H,5-10,25H2,1-4H3;4-15,18-19,37H,3H2,1-2H3;1H4/b42-29+;;;. The highest BCUT2D eigenvalue weighted by molar-refractivity contribution is 7.28. The number of rotatable bonds is 34. The van der Waals surface area contributed by atoms with E-state index in [9.17, 15) is 52.9 Å². The quantitative estimate of drug-likeness (QED) is 0.0195. The van der Waals surface area contributed by atoms with Crippen molar-refractivity contribution in [1.29, 1.82) is 0 Å². The number of unbranched alkanes of at least 4 members (excludes halogenated alkanes) is 8. The van der Waals surface area contributed by atoms with Crippen molar-refractivity contribution in [1.82, 2.24) is 0 Å². The third-order valence-electron chi connectivity index (χ3n) is 26.3. The zero-order chi connectivity index (χ0) is 103. The Morgan fingerprint density at radius 3 is 1.22 bits per heavy atom. The molecular formula is C125H116F2N4O12S4. The number of hydrogen-bond acceptors (Lipinski definition) is 20. The second-order valence-corrected chi connectivity index (χ2v) is 41.4. The number of nitrogens with zero attached hydrogens (tertiary/aromatic N) is 4. The number of halogens is 2. The van der Waals surface area contributed by atoms with Crippen LogP contribution in [0.15, 0.2) is 320 Å². The van der Waals surface area contributed by atoms with Gasteiger partial charge in [0.25, 0.3) is 16.3 Å². The van der Waals surface area contributed by atoms with Crippen molar-refractivity contribution in [3.63, 3.8) is 0 Å². The van der Waals surface area contributed by atoms with Gasteiger partial charge in [0, 0.05) is 114 Å². The van der Waals surface area contributed by atoms with Crippen molar-refractivity contribution in [3.8, 4) is 119 Å². The fraction of sp³-hybridized carbons (Fsp3) is 0.216. The van der Waals surface area contributed by atoms with Crippen LogP contribution in [-0.4, -0.2) is 41.7 Å². The topological polar surface area (TPSA) is 204 Å². The van der Waals surface area contributed by atoms with Crippen molar-refractivity contribution < 1.29 is 38.3 Å². The van der Waals surface area contributed by atoms with Crippen molar-refractivity contribution >= 4 is 108 Å². The maximum Gasteiger partial charge on any atom is 0.270 e. The fourth-order valence-electron chi connectivity index (χ4n) is 18.3. The van der Waals surface area contributed by atoms with Crippen LogP contribution in [0.5, 0.6) is 34.5 Å². The van der Waals surface area contributed by atoms with E-state index in [1.54, 1.807) is 58.3 Å². The molecule has 147 heavy (non-hydrogen) atoms. The minimum Gasteiger partial charge on any atom is -0.504 e. The average molecular weight is 2030 g/mol. The summed E-state index contributed by atoms with van der Waals surface area (Å²) in [5.74, 6) is 3.43. The SMILES string of the molecule is C.CCCCCCCCOc1ccc(N(c2ccc(-c3ccc(-c4ccc(-c5ccc(-c6c(O)c(=O)c6=O)s5)s4)s3)cc2)c2ccc(C)cc2C)c(C)c1.CCCCCCN1/C(=C/c2c(O)c(=O)c2=O)C(C)(C)c2ccc(-c3ccc(-c4ccc(N(c5ccc(C)cc5)c5ccc(OCC)cc5)cc4)s3)cc21.CCOc1ccc(N(c2ccc(C)cc2)c2ccc(-c3cc(F)c(C#Cc4c(O)c(=O)c4=O)c(F)c3)cc2)cc1. The summed E-state index contributed by atoms with van der Waals surface area (Å²) in [4.78, 5) is 87.8. The lowest BCUT2D eigenvalue weighted by molar-refractivity contribution is 0.304. The van der Waals surface area contributed by atoms with E-state index < -0.39 is 78.0 Å². The molecule has 0 saturated heterocycles. The first-order valence-corrected chi connectivity index (χ1v) is 52.6. The van der Waals surface area contributed by atoms with Gasteiger partial charge in [0.15, 0.2) is 17.2 Å². The van der Waals surface area contributed by atoms with Gasteiger partial charge in [-0.3, -0.25) is 28.8 Å². The van der Waals surface area contributed by atoms with E-state index >= 15 is 0 Å². The second-order valence-electron chi connectivity index (χ2n) is 37.0. The Kier molecular flexibility index (Phi) is 32.9. The molecule has 0 fully saturated rings. The van der Waals surface area contributed by atoms with Gasteiger partial charge in [-0.25, -0.2) is 8.78 Å². The summed E-state index contributed by atoms with van der Waals surface area (Å²) < 4.78 is 47.1. The molecule has 746 valence electrons. The van der Waals surface area contributed by atoms with Crippen LogP contribution in [0.3, 0.4) is 0 Å². The number of aryl methyl sites for hydroxylation is 5. The molecule has 22 heteroatoms. The number of hydrogen-bond donors (Lipinski definition) is 3. The van der Waals surface area contributed by atoms with Gasteiger partial charge in [0.1, 0.15) is 34.4 Å². The molecule has 16 nitrogen and oxygen atoms in total. The van der Waals surface area contributed by atoms with E-state index in [0.29, 0.717) is 29.2 Å². The lowest BCUT2D eigenvalue weighted by Crippen LogP contribution is -2.34. The number of ether oxygens (including phenoxy) is 3. The lowest BCUT2D eigenvalue weighted by atomic mass is 9.82. The summed E-state index contributed by atoms with van der Waals surface area (Å²) in [7, 11) is 0. The highest BCUT2D eigenvalue weighted by Gasteiger charge is 2.41. The van der Waals surface area contributed by atoms with Gasteiger partial charge in [0.2, 0.25) is 16.3 Å². The highest BCUT2D eigenvalue weighted by atomic mass is 32.1. The van der Waals surface area contributed by atoms with Crippen LogP contribution in [-0.2, 0) is 5.41 Å². The maximum atomic E-state index is 14.8. The Balaban J connectivity index is 0.000000159. The number of allylic oxidation sites excluding steroid dienone is 1. The minimum atomic E-state index is -1.06. The molecule has 0 saturated carbocycles. The van der Waals surface area contributed by atoms with Gasteiger partial charge in [0.05, 0.1) is 36.5 Å². The van der Waals surface area contributed by atoms with Gasteiger partial charge in [-0.2, -0.15) is 0 Å². The highest BCUT2D eigenvalue weighted by Crippen LogP contribution is 2.53. The molecule has 0 amide bonds. The normalized spacial score (nSPS) is 12.1. The molecule has 0 atom stereocenters. The van der Waals surface area contributed by atoms with Crippen molar-refractivity contribution in [2.24, 2.45) is 0 Å². The van der Waals surface area contributed by atoms with Gasteiger partial charge in [-0.15, -0.1) is 45.3 Å². The molecule has 1 aliphatic rings. The Morgan fingerprint density at radius 2 is 0.735 bits per heavy atom. The zero-order valence-corrected chi connectivity index (χ0v) is 86.6. The Labute approximate surface area is 872 Å². The molecule has 5 heterocycles. The Hall–Kier alpha value is -15.4. The van der Waals surface area contributed by atoms with Crippen LogP contribution in [0.4, 0.5) is 65.7 Å². The van der Waals surface area contributed by atoms with Crippen molar-refractivity contribution in [2.75, 3.05) is 46.0 Å². The molecule has 18 aromatic rings. The van der Waals surface area contributed by atoms with E-state index in [1.165, 1.54) is 85.2 Å². The summed E-state index contributed by atoms with van der Waals surface area (Å²) in [5.41, 5.74) is 16.7. The molecule has 3 N–H and O–H groups in total. The van der Waals surface area contributed by atoms with Crippen LogP contribution in [0.2, 0.25) is 0 Å². The van der Waals surface area contributed by atoms with E-state index in [-0.39, 0.29) is 18.6 Å². The smallest absolute Gasteiger partial charge is 0.270 e. The van der Waals surface area contributed by atoms with E-state index in [0.717, 1.165) is 180 Å². The third kappa shape index (κ3) is 22.8. The van der Waals surface area contributed by atoms with Crippen LogP contribution in [0.1, 0.15) is 163 Å². The number of aromatic hydroxyl groups is 3. The summed E-state index contributed by atoms with van der Waals surface area (Å²) in [6, 6.07) is 96.2. The number of benzene rings is 11. The molecule has 14 aromatic carbocycles. The third-order valence-corrected chi connectivity index (χ3v) is 31.2. The Morgan fingerprint density at radius 1 is 0.347 bits per heavy atom. The van der Waals surface area contributed by atoms with Crippen molar-refractivity contribution in [2.45, 2.75) is 153 Å². The van der Waals surface area contributed by atoms with Crippen LogP contribution in [0.25, 0.3) is 78.5 Å². The molecule has 19 rings (SSSR count). The average Bonchev–Trinajstić information content (AvgIpc) is 1.57. The van der Waals surface area contributed by atoms with E-state index in [4.69, 9.17) is 14.2 Å². The van der Waals surface area contributed by atoms with Gasteiger partial charge in [-0.05, 0) is 312 Å². The Bertz CT molecular complexity index is 8060. The number of anilines is 10. The van der Waals surface area contributed by atoms with Crippen LogP contribution in [0, 0.1) is 58.1 Å². The molecule has 1 aliphatic heterocycles. The first-order chi connectivity index (χ1) is 70.6. The molecule has 0 unspecified atom stereocenters. The van der Waals surface area contributed by atoms with Crippen LogP contribution < -0.4 is 66.4 Å². The lowest BCUT2D eigenvalue weighted by Gasteiger charge is -2.29. The van der Waals surface area contributed by atoms with Gasteiger partial charge >= 0.3 is 0 Å². The molecular weight excluding hydrogens is 1920 g/mol. The second kappa shape index (κ2) is 46.3. The predicted octanol–water partition coefficient (Wildman–Crippen LogP) is 31.4. The van der Waals surface area contributed by atoms with Gasteiger partial charge < -0.3 is 49.1 Å². The zero-order valence-electron chi connectivity index (χ0n) is 83.3. The summed E-state index contributed by atoms with van der Waals surface area (Å²) in [6.45, 7) is 26.0. The van der Waals surface area contributed by atoms with Gasteiger partial charge in [-0.1, -0.05) is 200 Å². The molecule has 0 radical (unpaired) electrons. The van der Waals surface area contributed by atoms with Crippen molar-refractivity contribution in [3.05, 3.63) is 414 Å². The molecule has 0 spiro atoms. The first kappa shape index (κ1) is 104. The molecule has 0 bridgehead atoms. The number of fused-ring (bicyclic) bond motifs is 1. The monoisotopic (exact) mass is 2030 g/mol. The minimum absolute atomic E-state index is 0. The first-order valence-electron chi connectivity index (χ1n) is 49.3. The summed E-state index contributed by atoms with van der Waals surface area (Å²) in [5, 5.41) is 29.5. The number of thiophene rings is 4. The largest absolute Gasteiger partial charge is 0.504 e. The molecule has 0 aliphatic carbocycles. The van der Waals surface area contributed by atoms with Crippen LogP contribution >= 0.6 is 45.3 Å². The molecule has 4 aromatic heterocycles. The summed E-state index contributed by atoms with van der Waals surface area (Å²) >= 11 is 6.63. The maximum absolute atomic E-state index is 14.8. The fourth-order valence-corrected chi connectivity index (χ4v) is 22.6. The predicted molar refractivity (Wildman–Crippen MR) is 606 cm³/mol. The van der Waals surface area contributed by atoms with E-state index in [1.807, 2.05) is 99.6 Å².